The van der Waals surface area contributed by atoms with Crippen molar-refractivity contribution < 1.29 is 23.1 Å². The Bertz CT molecular complexity index is 779. The summed E-state index contributed by atoms with van der Waals surface area (Å²) in [5.74, 6) is -0.899. The van der Waals surface area contributed by atoms with Gasteiger partial charge in [-0.25, -0.2) is 9.59 Å². The molecule has 1 aliphatic rings. The highest BCUT2D eigenvalue weighted by atomic mass is 31.2. The minimum atomic E-state index is -3.61. The molecule has 10 nitrogen and oxygen atoms in total. The van der Waals surface area contributed by atoms with Gasteiger partial charge < -0.3 is 13.8 Å². The van der Waals surface area contributed by atoms with Gasteiger partial charge in [0.1, 0.15) is 5.78 Å². The predicted molar refractivity (Wildman–Crippen MR) is 84.2 cm³/mol. The van der Waals surface area contributed by atoms with Gasteiger partial charge in [0.05, 0.1) is 13.2 Å². The van der Waals surface area contributed by atoms with Gasteiger partial charge in [-0.3, -0.25) is 23.8 Å². The smallest absolute Gasteiger partial charge is 0.410 e. The molecule has 0 unspecified atom stereocenters. The predicted octanol–water partition coefficient (Wildman–Crippen LogP) is 0.670. The van der Waals surface area contributed by atoms with Crippen molar-refractivity contribution in [2.24, 2.45) is 0 Å². The van der Waals surface area contributed by atoms with E-state index in [9.17, 15) is 18.9 Å². The van der Waals surface area contributed by atoms with Gasteiger partial charge in [0.2, 0.25) is 0 Å². The number of hydrogen-bond acceptors (Lipinski definition) is 7. The molecule has 11 heteroatoms. The van der Waals surface area contributed by atoms with Crippen molar-refractivity contribution in [3.63, 3.8) is 0 Å². The summed E-state index contributed by atoms with van der Waals surface area (Å²) in [6.07, 6.45) is 0.860. The number of hydrogen-bond donors (Lipinski definition) is 1. The van der Waals surface area contributed by atoms with Crippen molar-refractivity contribution in [3.05, 3.63) is 32.6 Å². The molecule has 1 aliphatic heterocycles. The normalized spacial score (nSPS) is 21.1. The minimum Gasteiger partial charge on any atom is -0.453 e. The molecule has 134 valence electrons. The summed E-state index contributed by atoms with van der Waals surface area (Å²) < 4.78 is 28.7. The van der Waals surface area contributed by atoms with Gasteiger partial charge in [0, 0.05) is 38.9 Å². The van der Waals surface area contributed by atoms with Crippen molar-refractivity contribution in [1.29, 1.82) is 0 Å². The molecule has 2 atom stereocenters. The Balaban J connectivity index is 2.45. The maximum atomic E-state index is 12.7. The Kier molecular flexibility index (Phi) is 5.32. The van der Waals surface area contributed by atoms with Crippen LogP contribution in [0.25, 0.3) is 0 Å². The van der Waals surface area contributed by atoms with Crippen LogP contribution in [0, 0.1) is 6.92 Å². The number of nitrogens with one attached hydrogen (secondary N) is 1. The van der Waals surface area contributed by atoms with E-state index in [1.165, 1.54) is 37.0 Å². The van der Waals surface area contributed by atoms with Crippen molar-refractivity contribution in [2.75, 3.05) is 27.9 Å². The van der Waals surface area contributed by atoms with E-state index in [0.29, 0.717) is 5.56 Å². The van der Waals surface area contributed by atoms with Crippen LogP contribution in [0.4, 0.5) is 4.79 Å². The van der Waals surface area contributed by atoms with E-state index in [4.69, 9.17) is 13.8 Å². The molecule has 0 aromatic carbocycles. The molecule has 0 aliphatic carbocycles. The molecule has 1 aromatic heterocycles. The van der Waals surface area contributed by atoms with Crippen LogP contribution in [-0.4, -0.2) is 54.2 Å². The molecule has 0 spiro atoms. The van der Waals surface area contributed by atoms with Gasteiger partial charge in [-0.05, 0) is 6.92 Å². The topological polar surface area (TPSA) is 120 Å². The quantitative estimate of drug-likeness (QED) is 0.783. The van der Waals surface area contributed by atoms with E-state index < -0.39 is 36.8 Å². The number of methoxy groups -OCH3 is 1. The van der Waals surface area contributed by atoms with E-state index in [-0.39, 0.29) is 13.0 Å². The standard InChI is InChI=1S/C13H20N3O7P/c1-8-6-15(12(18)14-11(8)17)9-5-10(24(20,22-3)23-4)16(7-9)13(19)21-2/h6,9-10H,5,7H2,1-4H3,(H,14,17,18)/t9-,10+/m0/s1. The number of amides is 1. The number of carbonyl (C=O) groups is 1. The molecular formula is C13H20N3O7P. The molecule has 0 radical (unpaired) electrons. The number of rotatable bonds is 4. The second kappa shape index (κ2) is 6.92. The van der Waals surface area contributed by atoms with Gasteiger partial charge >= 0.3 is 19.4 Å². The first-order valence-electron chi connectivity index (χ1n) is 7.15. The molecule has 1 amide bonds. The van der Waals surface area contributed by atoms with Gasteiger partial charge in [-0.15, -0.1) is 0 Å². The lowest BCUT2D eigenvalue weighted by Gasteiger charge is -2.27. The molecule has 0 saturated carbocycles. The van der Waals surface area contributed by atoms with Crippen LogP contribution < -0.4 is 11.2 Å². The molecule has 1 saturated heterocycles. The zero-order valence-electron chi connectivity index (χ0n) is 13.8. The fourth-order valence-corrected chi connectivity index (χ4v) is 4.45. The van der Waals surface area contributed by atoms with Crippen LogP contribution in [0.2, 0.25) is 0 Å². The Hall–Kier alpha value is -1.90. The maximum Gasteiger partial charge on any atom is 0.410 e. The van der Waals surface area contributed by atoms with E-state index in [1.54, 1.807) is 6.92 Å². The monoisotopic (exact) mass is 361 g/mol. The molecular weight excluding hydrogens is 341 g/mol. The summed E-state index contributed by atoms with van der Waals surface area (Å²) in [5.41, 5.74) is -0.731. The number of H-pyrrole nitrogens is 1. The second-order valence-corrected chi connectivity index (χ2v) is 7.78. The third-order valence-corrected chi connectivity index (χ3v) is 6.31. The van der Waals surface area contributed by atoms with Crippen LogP contribution in [-0.2, 0) is 18.3 Å². The fourth-order valence-electron chi connectivity index (χ4n) is 2.78. The summed E-state index contributed by atoms with van der Waals surface area (Å²) in [6, 6.07) is -0.504. The van der Waals surface area contributed by atoms with Gasteiger partial charge in [-0.1, -0.05) is 0 Å². The number of carbonyl (C=O) groups excluding carboxylic acids is 1. The summed E-state index contributed by atoms with van der Waals surface area (Å²) >= 11 is 0. The van der Waals surface area contributed by atoms with Crippen LogP contribution in [0.5, 0.6) is 0 Å². The molecule has 0 bridgehead atoms. The number of aromatic nitrogens is 2. The highest BCUT2D eigenvalue weighted by Crippen LogP contribution is 2.57. The lowest BCUT2D eigenvalue weighted by molar-refractivity contribution is 0.121. The molecule has 24 heavy (non-hydrogen) atoms. The Labute approximate surface area is 137 Å². The van der Waals surface area contributed by atoms with Gasteiger partial charge in [-0.2, -0.15) is 0 Å². The highest BCUT2D eigenvalue weighted by Gasteiger charge is 2.48. The highest BCUT2D eigenvalue weighted by molar-refractivity contribution is 7.54. The van der Waals surface area contributed by atoms with Crippen molar-refractivity contribution in [1.82, 2.24) is 14.5 Å². The summed E-state index contributed by atoms with van der Waals surface area (Å²) in [6.45, 7) is 1.63. The first-order valence-corrected chi connectivity index (χ1v) is 8.76. The summed E-state index contributed by atoms with van der Waals surface area (Å²) in [7, 11) is 0.0446. The van der Waals surface area contributed by atoms with Crippen LogP contribution in [0.3, 0.4) is 0 Å². The van der Waals surface area contributed by atoms with E-state index in [2.05, 4.69) is 4.98 Å². The lowest BCUT2D eigenvalue weighted by atomic mass is 10.2. The van der Waals surface area contributed by atoms with E-state index in [1.807, 2.05) is 0 Å². The average Bonchev–Trinajstić information content (AvgIpc) is 3.02. The molecule has 1 fully saturated rings. The SMILES string of the molecule is COC(=O)N1C[C@@H](n2cc(C)c(=O)[nH]c2=O)C[C@H]1P(=O)(OC)OC. The largest absolute Gasteiger partial charge is 0.453 e. The Morgan fingerprint density at radius 3 is 2.46 bits per heavy atom. The van der Waals surface area contributed by atoms with Crippen LogP contribution in [0.1, 0.15) is 18.0 Å². The van der Waals surface area contributed by atoms with E-state index in [0.717, 1.165) is 0 Å². The second-order valence-electron chi connectivity index (χ2n) is 5.38. The number of aromatic amines is 1. The molecule has 2 heterocycles. The van der Waals surface area contributed by atoms with Crippen molar-refractivity contribution >= 4 is 13.7 Å². The number of ether oxygens (including phenoxy) is 1. The number of likely N-dealkylation sites (tertiary alicyclic amines) is 1. The molecule has 2 rings (SSSR count). The first-order chi connectivity index (χ1) is 11.3. The van der Waals surface area contributed by atoms with Crippen molar-refractivity contribution in [2.45, 2.75) is 25.2 Å². The van der Waals surface area contributed by atoms with Crippen LogP contribution in [0.15, 0.2) is 15.8 Å². The van der Waals surface area contributed by atoms with Crippen LogP contribution >= 0.6 is 7.60 Å². The van der Waals surface area contributed by atoms with Gasteiger partial charge in [0.15, 0.2) is 0 Å². The van der Waals surface area contributed by atoms with Gasteiger partial charge in [0.25, 0.3) is 5.56 Å². The number of nitrogens with zero attached hydrogens (tertiary/aromatic N) is 2. The Morgan fingerprint density at radius 1 is 1.29 bits per heavy atom. The molecule has 1 N–H and O–H groups in total. The summed E-state index contributed by atoms with van der Waals surface area (Å²) in [5, 5.41) is 0. The first kappa shape index (κ1) is 18.4. The van der Waals surface area contributed by atoms with E-state index >= 15 is 0 Å². The minimum absolute atomic E-state index is 0.0689. The Morgan fingerprint density at radius 2 is 1.92 bits per heavy atom. The third-order valence-electron chi connectivity index (χ3n) is 4.07. The zero-order valence-corrected chi connectivity index (χ0v) is 14.7. The van der Waals surface area contributed by atoms with Crippen molar-refractivity contribution in [3.8, 4) is 0 Å². The third kappa shape index (κ3) is 3.17. The fraction of sp³-hybridized carbons (Fsp3) is 0.615. The maximum absolute atomic E-state index is 12.7. The average molecular weight is 361 g/mol. The lowest BCUT2D eigenvalue weighted by Crippen LogP contribution is -2.37. The molecule has 1 aromatic rings. The zero-order chi connectivity index (χ0) is 18.1. The number of aryl methyl sites for hydroxylation is 1. The summed E-state index contributed by atoms with van der Waals surface area (Å²) in [4.78, 5) is 39.0.